The maximum Gasteiger partial charge on any atom is 0.0355 e. The van der Waals surface area contributed by atoms with Crippen LogP contribution in [0.1, 0.15) is 250 Å². The zero-order valence-electron chi connectivity index (χ0n) is 33.3. The number of unbranched alkanes of at least 4 members (excludes halogenated alkanes) is 30. The number of hydrogen-bond acceptors (Lipinski definition) is 1. The van der Waals surface area contributed by atoms with Crippen LogP contribution in [0.3, 0.4) is 0 Å². The van der Waals surface area contributed by atoms with Crippen LogP contribution in [0.5, 0.6) is 0 Å². The van der Waals surface area contributed by atoms with E-state index in [1.165, 1.54) is 224 Å². The topological polar surface area (TPSA) is 26.0 Å². The van der Waals surface area contributed by atoms with E-state index >= 15 is 0 Å². The first-order valence-corrected chi connectivity index (χ1v) is 21.4. The summed E-state index contributed by atoms with van der Waals surface area (Å²) in [5.74, 6) is 0. The molecule has 0 bridgehead atoms. The summed E-state index contributed by atoms with van der Waals surface area (Å²) in [6.45, 7) is 9.00. The highest BCUT2D eigenvalue weighted by molar-refractivity contribution is 5.85. The number of rotatable bonds is 35. The van der Waals surface area contributed by atoms with Gasteiger partial charge in [-0.2, -0.15) is 0 Å². The SMILES string of the molecule is CCCCCCCCCCCCCCCCCCc1cccc(C(C)(C)N)c1CCCCCCCCCCCCCCCCCC.Cl.[C]. The van der Waals surface area contributed by atoms with E-state index in [0.29, 0.717) is 0 Å². The molecule has 0 fully saturated rings. The molecule has 0 saturated carbocycles. The quantitative estimate of drug-likeness (QED) is 0.0706. The third-order valence-corrected chi connectivity index (χ3v) is 10.5. The normalized spacial score (nSPS) is 11.4. The van der Waals surface area contributed by atoms with E-state index in [4.69, 9.17) is 5.73 Å². The molecule has 0 heterocycles. The van der Waals surface area contributed by atoms with E-state index in [-0.39, 0.29) is 25.4 Å². The van der Waals surface area contributed by atoms with Crippen molar-refractivity contribution in [3.63, 3.8) is 0 Å². The van der Waals surface area contributed by atoms with Gasteiger partial charge in [0.05, 0.1) is 0 Å². The number of hydrogen-bond donors (Lipinski definition) is 1. The fourth-order valence-electron chi connectivity index (χ4n) is 7.48. The number of aryl methyl sites for hydroxylation is 1. The van der Waals surface area contributed by atoms with Crippen molar-refractivity contribution in [2.24, 2.45) is 5.73 Å². The molecule has 1 rings (SSSR count). The van der Waals surface area contributed by atoms with Crippen molar-refractivity contribution in [1.29, 1.82) is 0 Å². The number of benzene rings is 1. The highest BCUT2D eigenvalue weighted by atomic mass is 35.5. The van der Waals surface area contributed by atoms with Crippen LogP contribution in [0.15, 0.2) is 18.2 Å². The summed E-state index contributed by atoms with van der Waals surface area (Å²) >= 11 is 0. The van der Waals surface area contributed by atoms with E-state index in [0.717, 1.165) is 0 Å². The van der Waals surface area contributed by atoms with Crippen LogP contribution in [0.2, 0.25) is 0 Å². The molecule has 0 amide bonds. The second-order valence-electron chi connectivity index (χ2n) is 15.8. The Morgan fingerprint density at radius 2 is 0.688 bits per heavy atom. The molecule has 1 aromatic rings. The Morgan fingerprint density at radius 1 is 0.417 bits per heavy atom. The van der Waals surface area contributed by atoms with E-state index < -0.39 is 0 Å². The summed E-state index contributed by atoms with van der Waals surface area (Å²) in [5.41, 5.74) is 11.0. The Morgan fingerprint density at radius 3 is 0.979 bits per heavy atom. The maximum atomic E-state index is 6.68. The molecule has 0 atom stereocenters. The van der Waals surface area contributed by atoms with Crippen molar-refractivity contribution >= 4 is 12.4 Å². The lowest BCUT2D eigenvalue weighted by molar-refractivity contribution is 0.524. The summed E-state index contributed by atoms with van der Waals surface area (Å²) < 4.78 is 0. The summed E-state index contributed by atoms with van der Waals surface area (Å²) in [4.78, 5) is 0. The molecule has 0 aromatic heterocycles. The monoisotopic (exact) mass is 688 g/mol. The summed E-state index contributed by atoms with van der Waals surface area (Å²) in [5, 5.41) is 0. The highest BCUT2D eigenvalue weighted by Crippen LogP contribution is 2.28. The molecule has 2 heteroatoms. The zero-order chi connectivity index (χ0) is 33.4. The molecule has 1 aromatic carbocycles. The summed E-state index contributed by atoms with van der Waals surface area (Å²) in [6, 6.07) is 6.98. The fraction of sp³-hybridized carbons (Fsp3) is 0.848. The number of nitrogens with two attached hydrogens (primary N) is 1. The van der Waals surface area contributed by atoms with Gasteiger partial charge in [0.25, 0.3) is 0 Å². The van der Waals surface area contributed by atoms with Crippen molar-refractivity contribution in [3.8, 4) is 0 Å². The van der Waals surface area contributed by atoms with Crippen molar-refractivity contribution in [2.75, 3.05) is 0 Å². The average Bonchev–Trinajstić information content (AvgIpc) is 3.04. The van der Waals surface area contributed by atoms with Crippen molar-refractivity contribution in [2.45, 2.75) is 252 Å². The Kier molecular flexibility index (Phi) is 37.5. The first-order valence-electron chi connectivity index (χ1n) is 21.4. The molecule has 0 unspecified atom stereocenters. The minimum absolute atomic E-state index is 0. The second kappa shape index (κ2) is 36.3. The molecule has 0 saturated heterocycles. The lowest BCUT2D eigenvalue weighted by atomic mass is 9.84. The molecule has 48 heavy (non-hydrogen) atoms. The third kappa shape index (κ3) is 29.2. The van der Waals surface area contributed by atoms with Crippen LogP contribution >= 0.6 is 12.4 Å². The first-order chi connectivity index (χ1) is 22.5. The molecule has 282 valence electrons. The molecular weight excluding hydrogens is 602 g/mol. The first kappa shape index (κ1) is 49.6. The van der Waals surface area contributed by atoms with Gasteiger partial charge in [0.15, 0.2) is 0 Å². The van der Waals surface area contributed by atoms with Gasteiger partial charge in [-0.1, -0.05) is 225 Å². The third-order valence-electron chi connectivity index (χ3n) is 10.5. The van der Waals surface area contributed by atoms with E-state index in [1.54, 1.807) is 11.1 Å². The van der Waals surface area contributed by atoms with Crippen molar-refractivity contribution < 1.29 is 0 Å². The van der Waals surface area contributed by atoms with Gasteiger partial charge in [-0.05, 0) is 56.2 Å². The van der Waals surface area contributed by atoms with Gasteiger partial charge in [-0.25, -0.2) is 0 Å². The molecule has 0 aliphatic heterocycles. The molecule has 0 spiro atoms. The highest BCUT2D eigenvalue weighted by Gasteiger charge is 2.20. The minimum Gasteiger partial charge on any atom is -0.322 e. The van der Waals surface area contributed by atoms with Crippen LogP contribution in [-0.2, 0) is 18.4 Å². The van der Waals surface area contributed by atoms with Gasteiger partial charge >= 0.3 is 0 Å². The molecule has 0 aliphatic rings. The Hall–Kier alpha value is -0.530. The molecular formula is C46H86ClN. The lowest BCUT2D eigenvalue weighted by Gasteiger charge is -2.25. The number of halogens is 1. The van der Waals surface area contributed by atoms with Crippen LogP contribution in [0.25, 0.3) is 0 Å². The molecule has 0 aliphatic carbocycles. The largest absolute Gasteiger partial charge is 0.322 e. The van der Waals surface area contributed by atoms with Gasteiger partial charge in [0.1, 0.15) is 0 Å². The van der Waals surface area contributed by atoms with Crippen molar-refractivity contribution in [1.82, 2.24) is 0 Å². The Labute approximate surface area is 311 Å². The van der Waals surface area contributed by atoms with Crippen LogP contribution in [0.4, 0.5) is 0 Å². The van der Waals surface area contributed by atoms with Crippen molar-refractivity contribution in [3.05, 3.63) is 42.3 Å². The Balaban J connectivity index is 0. The summed E-state index contributed by atoms with van der Waals surface area (Å²) in [6.07, 6.45) is 48.3. The average molecular weight is 689 g/mol. The zero-order valence-corrected chi connectivity index (χ0v) is 34.1. The van der Waals surface area contributed by atoms with Crippen LogP contribution < -0.4 is 5.73 Å². The summed E-state index contributed by atoms with van der Waals surface area (Å²) in [7, 11) is 0. The molecule has 4 radical (unpaired) electrons. The fourth-order valence-corrected chi connectivity index (χ4v) is 7.48. The minimum atomic E-state index is -0.255. The second-order valence-corrected chi connectivity index (χ2v) is 15.8. The lowest BCUT2D eigenvalue weighted by Crippen LogP contribution is -2.30. The maximum absolute atomic E-state index is 6.68. The van der Waals surface area contributed by atoms with Gasteiger partial charge < -0.3 is 5.73 Å². The van der Waals surface area contributed by atoms with Gasteiger partial charge in [-0.3, -0.25) is 0 Å². The molecule has 1 nitrogen and oxygen atoms in total. The molecule has 2 N–H and O–H groups in total. The van der Waals surface area contributed by atoms with Gasteiger partial charge in [0.2, 0.25) is 0 Å². The van der Waals surface area contributed by atoms with Crippen LogP contribution in [0, 0.1) is 7.43 Å². The standard InChI is InChI=1S/C45H85N.C.ClH/c1-5-7-9-11-13-15-17-19-21-23-25-27-29-31-33-35-38-42-39-37-41-44(45(3,4)46)43(42)40-36-34-32-30-28-26-24-22-20-18-16-14-12-10-8-6-2;;/h37,39,41H,5-36,38,40,46H2,1-4H3;;1H. The predicted molar refractivity (Wildman–Crippen MR) is 221 cm³/mol. The smallest absolute Gasteiger partial charge is 0.0355 e. The van der Waals surface area contributed by atoms with Crippen LogP contribution in [-0.4, -0.2) is 0 Å². The van der Waals surface area contributed by atoms with Gasteiger partial charge in [0, 0.05) is 13.0 Å². The van der Waals surface area contributed by atoms with E-state index in [1.807, 2.05) is 0 Å². The Bertz CT molecular complexity index is 766. The van der Waals surface area contributed by atoms with Gasteiger partial charge in [-0.15, -0.1) is 12.4 Å². The predicted octanol–water partition coefficient (Wildman–Crippen LogP) is 16.0. The van der Waals surface area contributed by atoms with E-state index in [9.17, 15) is 0 Å². The van der Waals surface area contributed by atoms with E-state index in [2.05, 4.69) is 45.9 Å².